The molecule has 1 aliphatic heterocycles. The van der Waals surface area contributed by atoms with E-state index in [0.29, 0.717) is 13.1 Å². The smallest absolute Gasteiger partial charge is 0.123 e. The molecule has 0 saturated carbocycles. The summed E-state index contributed by atoms with van der Waals surface area (Å²) in [6, 6.07) is 7.43. The SMILES string of the molecule is Cn1c(CN2C[C@H](O)[C@H](O)[C@H]2CO)nc2ccccc21. The van der Waals surface area contributed by atoms with Crippen LogP contribution in [0.5, 0.6) is 0 Å². The highest BCUT2D eigenvalue weighted by molar-refractivity contribution is 5.75. The summed E-state index contributed by atoms with van der Waals surface area (Å²) in [5, 5.41) is 28.9. The third kappa shape index (κ3) is 2.10. The quantitative estimate of drug-likeness (QED) is 0.703. The predicted octanol–water partition coefficient (Wildman–Crippen LogP) is -0.528. The zero-order chi connectivity index (χ0) is 14.3. The summed E-state index contributed by atoms with van der Waals surface area (Å²) in [5.74, 6) is 0.853. The first-order valence-corrected chi connectivity index (χ1v) is 6.73. The molecule has 3 rings (SSSR count). The van der Waals surface area contributed by atoms with Gasteiger partial charge >= 0.3 is 0 Å². The molecule has 2 aromatic rings. The van der Waals surface area contributed by atoms with Gasteiger partial charge in [0.05, 0.1) is 42.4 Å². The van der Waals surface area contributed by atoms with Crippen LogP contribution in [-0.2, 0) is 13.6 Å². The van der Waals surface area contributed by atoms with Crippen LogP contribution in [0.3, 0.4) is 0 Å². The molecular formula is C14H19N3O3. The Bertz CT molecular complexity index is 613. The van der Waals surface area contributed by atoms with Crippen LogP contribution in [0.25, 0.3) is 11.0 Å². The molecule has 3 atom stereocenters. The first-order valence-electron chi connectivity index (χ1n) is 6.73. The normalized spacial score (nSPS) is 27.5. The number of likely N-dealkylation sites (tertiary alicyclic amines) is 1. The topological polar surface area (TPSA) is 81.8 Å². The van der Waals surface area contributed by atoms with E-state index in [4.69, 9.17) is 0 Å². The molecule has 0 spiro atoms. The zero-order valence-corrected chi connectivity index (χ0v) is 11.3. The van der Waals surface area contributed by atoms with Crippen LogP contribution in [0.15, 0.2) is 24.3 Å². The van der Waals surface area contributed by atoms with Crippen LogP contribution in [-0.4, -0.2) is 61.2 Å². The van der Waals surface area contributed by atoms with Crippen molar-refractivity contribution in [2.24, 2.45) is 7.05 Å². The molecule has 1 aromatic heterocycles. The van der Waals surface area contributed by atoms with Gasteiger partial charge in [0.1, 0.15) is 5.82 Å². The van der Waals surface area contributed by atoms with Crippen molar-refractivity contribution in [2.75, 3.05) is 13.2 Å². The number of imidazole rings is 1. The van der Waals surface area contributed by atoms with Gasteiger partial charge in [-0.1, -0.05) is 12.1 Å². The number of nitrogens with zero attached hydrogens (tertiary/aromatic N) is 3. The van der Waals surface area contributed by atoms with Crippen molar-refractivity contribution in [3.63, 3.8) is 0 Å². The van der Waals surface area contributed by atoms with Crippen LogP contribution >= 0.6 is 0 Å². The summed E-state index contributed by atoms with van der Waals surface area (Å²) >= 11 is 0. The van der Waals surface area contributed by atoms with Gasteiger partial charge in [-0.3, -0.25) is 4.90 Å². The molecule has 6 nitrogen and oxygen atoms in total. The lowest BCUT2D eigenvalue weighted by Crippen LogP contribution is -2.39. The zero-order valence-electron chi connectivity index (χ0n) is 11.3. The summed E-state index contributed by atoms with van der Waals surface area (Å²) in [6.07, 6.45) is -1.73. The number of hydrogen-bond donors (Lipinski definition) is 3. The third-order valence-corrected chi connectivity index (χ3v) is 4.09. The molecule has 1 fully saturated rings. The van der Waals surface area contributed by atoms with Gasteiger partial charge in [0.25, 0.3) is 0 Å². The van der Waals surface area contributed by atoms with Gasteiger partial charge in [-0.25, -0.2) is 4.98 Å². The highest BCUT2D eigenvalue weighted by atomic mass is 16.3. The monoisotopic (exact) mass is 277 g/mol. The van der Waals surface area contributed by atoms with E-state index in [2.05, 4.69) is 4.98 Å². The van der Waals surface area contributed by atoms with Crippen molar-refractivity contribution in [2.45, 2.75) is 24.8 Å². The summed E-state index contributed by atoms with van der Waals surface area (Å²) in [4.78, 5) is 6.44. The largest absolute Gasteiger partial charge is 0.395 e. The minimum Gasteiger partial charge on any atom is -0.395 e. The highest BCUT2D eigenvalue weighted by Crippen LogP contribution is 2.22. The molecule has 0 bridgehead atoms. The highest BCUT2D eigenvalue weighted by Gasteiger charge is 2.39. The molecule has 108 valence electrons. The van der Waals surface area contributed by atoms with Crippen LogP contribution in [0.4, 0.5) is 0 Å². The molecule has 0 amide bonds. The molecule has 1 saturated heterocycles. The van der Waals surface area contributed by atoms with E-state index >= 15 is 0 Å². The lowest BCUT2D eigenvalue weighted by molar-refractivity contribution is 0.0207. The summed E-state index contributed by atoms with van der Waals surface area (Å²) in [5.41, 5.74) is 1.97. The molecule has 1 aromatic carbocycles. The number of para-hydroxylation sites is 2. The second-order valence-corrected chi connectivity index (χ2v) is 5.31. The average molecular weight is 277 g/mol. The standard InChI is InChI=1S/C14H19N3O3/c1-16-10-5-3-2-4-9(10)15-13(16)7-17-6-12(19)14(20)11(17)8-18/h2-5,11-12,14,18-20H,6-8H2,1H3/t11-,12+,14-/m1/s1. The maximum absolute atomic E-state index is 9.84. The number of rotatable bonds is 3. The number of aliphatic hydroxyl groups is 3. The Morgan fingerprint density at radius 2 is 2.05 bits per heavy atom. The van der Waals surface area contributed by atoms with Gasteiger partial charge in [0.2, 0.25) is 0 Å². The molecule has 1 aliphatic rings. The van der Waals surface area contributed by atoms with Crippen LogP contribution < -0.4 is 0 Å². The maximum atomic E-state index is 9.84. The number of aromatic nitrogens is 2. The van der Waals surface area contributed by atoms with Crippen LogP contribution in [0, 0.1) is 0 Å². The predicted molar refractivity (Wildman–Crippen MR) is 74.0 cm³/mol. The van der Waals surface area contributed by atoms with Crippen molar-refractivity contribution < 1.29 is 15.3 Å². The average Bonchev–Trinajstić information content (AvgIpc) is 2.90. The van der Waals surface area contributed by atoms with Gasteiger partial charge in [0, 0.05) is 13.6 Å². The Morgan fingerprint density at radius 3 is 2.75 bits per heavy atom. The minimum absolute atomic E-state index is 0.178. The summed E-state index contributed by atoms with van der Waals surface area (Å²) < 4.78 is 2.00. The van der Waals surface area contributed by atoms with E-state index in [9.17, 15) is 15.3 Å². The van der Waals surface area contributed by atoms with E-state index in [-0.39, 0.29) is 6.61 Å². The third-order valence-electron chi connectivity index (χ3n) is 4.09. The Balaban J connectivity index is 1.88. The van der Waals surface area contributed by atoms with Crippen LogP contribution in [0.2, 0.25) is 0 Å². The molecule has 6 heteroatoms. The molecule has 0 radical (unpaired) electrons. The number of hydrogen-bond acceptors (Lipinski definition) is 5. The fourth-order valence-corrected chi connectivity index (χ4v) is 2.88. The van der Waals surface area contributed by atoms with Crippen molar-refractivity contribution in [3.8, 4) is 0 Å². The first kappa shape index (κ1) is 13.5. The summed E-state index contributed by atoms with van der Waals surface area (Å²) in [7, 11) is 1.95. The van der Waals surface area contributed by atoms with E-state index in [1.807, 2.05) is 40.8 Å². The fraction of sp³-hybridized carbons (Fsp3) is 0.500. The van der Waals surface area contributed by atoms with Crippen molar-refractivity contribution in [3.05, 3.63) is 30.1 Å². The molecule has 0 aliphatic carbocycles. The van der Waals surface area contributed by atoms with Crippen LogP contribution in [0.1, 0.15) is 5.82 Å². The lowest BCUT2D eigenvalue weighted by Gasteiger charge is -2.23. The lowest BCUT2D eigenvalue weighted by atomic mass is 10.1. The second kappa shape index (κ2) is 5.14. The molecular weight excluding hydrogens is 258 g/mol. The van der Waals surface area contributed by atoms with Gasteiger partial charge in [0.15, 0.2) is 0 Å². The Kier molecular flexibility index (Phi) is 3.47. The Hall–Kier alpha value is -1.47. The van der Waals surface area contributed by atoms with E-state index in [1.54, 1.807) is 0 Å². The number of β-amino-alcohol motifs (C(OH)–C–C–N with tert-alkyl or cyclic N) is 1. The van der Waals surface area contributed by atoms with Gasteiger partial charge < -0.3 is 19.9 Å². The van der Waals surface area contributed by atoms with Gasteiger partial charge in [-0.05, 0) is 12.1 Å². The molecule has 3 N–H and O–H groups in total. The number of aryl methyl sites for hydroxylation is 1. The maximum Gasteiger partial charge on any atom is 0.123 e. The number of fused-ring (bicyclic) bond motifs is 1. The first-order chi connectivity index (χ1) is 9.61. The van der Waals surface area contributed by atoms with Gasteiger partial charge in [-0.2, -0.15) is 0 Å². The fourth-order valence-electron chi connectivity index (χ4n) is 2.88. The van der Waals surface area contributed by atoms with Crippen molar-refractivity contribution in [1.29, 1.82) is 0 Å². The number of aliphatic hydroxyl groups excluding tert-OH is 3. The molecule has 0 unspecified atom stereocenters. The van der Waals surface area contributed by atoms with E-state index in [1.165, 1.54) is 0 Å². The van der Waals surface area contributed by atoms with E-state index < -0.39 is 18.2 Å². The van der Waals surface area contributed by atoms with Gasteiger partial charge in [-0.15, -0.1) is 0 Å². The van der Waals surface area contributed by atoms with Crippen molar-refractivity contribution >= 4 is 11.0 Å². The molecule has 2 heterocycles. The Morgan fingerprint density at radius 1 is 1.30 bits per heavy atom. The second-order valence-electron chi connectivity index (χ2n) is 5.31. The number of benzene rings is 1. The van der Waals surface area contributed by atoms with Crippen molar-refractivity contribution in [1.82, 2.24) is 14.5 Å². The van der Waals surface area contributed by atoms with E-state index in [0.717, 1.165) is 16.9 Å². The molecule has 20 heavy (non-hydrogen) atoms. The Labute approximate surface area is 116 Å². The minimum atomic E-state index is -0.908. The summed E-state index contributed by atoms with van der Waals surface area (Å²) in [6.45, 7) is 0.655.